The van der Waals surface area contributed by atoms with E-state index in [9.17, 15) is 20.4 Å². The van der Waals surface area contributed by atoms with E-state index in [0.29, 0.717) is 35.5 Å². The lowest BCUT2D eigenvalue weighted by Crippen LogP contribution is -2.54. The molecular weight excluding hydrogens is 504 g/mol. The maximum Gasteiger partial charge on any atom is 0.161 e. The number of hydrogen-bond acceptors (Lipinski definition) is 6. The van der Waals surface area contributed by atoms with E-state index in [0.717, 1.165) is 43.9 Å². The highest BCUT2D eigenvalue weighted by atomic mass is 16.7. The summed E-state index contributed by atoms with van der Waals surface area (Å²) in [4.78, 5) is 0. The van der Waals surface area contributed by atoms with E-state index < -0.39 is 24.1 Å². The van der Waals surface area contributed by atoms with E-state index in [2.05, 4.69) is 33.8 Å². The number of rotatable bonds is 8. The van der Waals surface area contributed by atoms with Gasteiger partial charge in [-0.3, -0.25) is 0 Å². The van der Waals surface area contributed by atoms with Crippen molar-refractivity contribution in [2.45, 2.75) is 155 Å². The fourth-order valence-corrected chi connectivity index (χ4v) is 10.2. The van der Waals surface area contributed by atoms with Crippen molar-refractivity contribution in [3.63, 3.8) is 0 Å². The summed E-state index contributed by atoms with van der Waals surface area (Å²) in [5.41, 5.74) is 1.14. The molecule has 3 saturated carbocycles. The first-order valence-electron chi connectivity index (χ1n) is 16.4. The number of allylic oxidation sites excluding steroid dienone is 1. The van der Waals surface area contributed by atoms with Crippen LogP contribution in [0.3, 0.4) is 0 Å². The Kier molecular flexibility index (Phi) is 8.67. The second kappa shape index (κ2) is 11.2. The molecule has 0 spiro atoms. The van der Waals surface area contributed by atoms with Crippen LogP contribution in [0.2, 0.25) is 0 Å². The molecule has 0 aromatic carbocycles. The van der Waals surface area contributed by atoms with E-state index in [1.54, 1.807) is 19.4 Å². The van der Waals surface area contributed by atoms with Crippen LogP contribution in [0.5, 0.6) is 0 Å². The summed E-state index contributed by atoms with van der Waals surface area (Å²) in [6.45, 7) is 13.2. The smallest absolute Gasteiger partial charge is 0.161 e. The Morgan fingerprint density at radius 3 is 2.42 bits per heavy atom. The van der Waals surface area contributed by atoms with E-state index in [1.807, 2.05) is 0 Å². The molecule has 1 heterocycles. The van der Waals surface area contributed by atoms with Crippen molar-refractivity contribution in [2.75, 3.05) is 6.61 Å². The molecule has 40 heavy (non-hydrogen) atoms. The van der Waals surface area contributed by atoms with Gasteiger partial charge in [0.1, 0.15) is 0 Å². The first kappa shape index (κ1) is 30.9. The summed E-state index contributed by atoms with van der Waals surface area (Å²) < 4.78 is 12.1. The minimum absolute atomic E-state index is 0.102. The zero-order valence-corrected chi connectivity index (χ0v) is 26.1. The Bertz CT molecular complexity index is 924. The average Bonchev–Trinajstić information content (AvgIpc) is 3.20. The van der Waals surface area contributed by atoms with Crippen LogP contribution in [0.15, 0.2) is 11.6 Å². The van der Waals surface area contributed by atoms with Gasteiger partial charge in [0, 0.05) is 18.3 Å². The highest BCUT2D eigenvalue weighted by Gasteiger charge is 2.61. The van der Waals surface area contributed by atoms with Gasteiger partial charge in [0.05, 0.1) is 36.6 Å². The molecule has 6 nitrogen and oxygen atoms in total. The quantitative estimate of drug-likeness (QED) is 0.281. The van der Waals surface area contributed by atoms with Crippen LogP contribution in [-0.2, 0) is 9.47 Å². The van der Waals surface area contributed by atoms with Crippen LogP contribution in [0.25, 0.3) is 0 Å². The Balaban J connectivity index is 1.22. The second-order valence-corrected chi connectivity index (χ2v) is 16.0. The van der Waals surface area contributed by atoms with Crippen LogP contribution in [0.1, 0.15) is 119 Å². The third-order valence-electron chi connectivity index (χ3n) is 12.9. The third-order valence-corrected chi connectivity index (χ3v) is 12.9. The molecule has 4 unspecified atom stereocenters. The van der Waals surface area contributed by atoms with Gasteiger partial charge < -0.3 is 29.9 Å². The van der Waals surface area contributed by atoms with E-state index in [-0.39, 0.29) is 24.2 Å². The first-order valence-corrected chi connectivity index (χ1v) is 16.4. The van der Waals surface area contributed by atoms with Gasteiger partial charge >= 0.3 is 0 Å². The fraction of sp³-hybridized carbons (Fsp3) is 0.941. The van der Waals surface area contributed by atoms with E-state index in [4.69, 9.17) is 9.47 Å². The zero-order valence-electron chi connectivity index (χ0n) is 26.1. The average molecular weight is 563 g/mol. The Labute approximate surface area is 242 Å². The van der Waals surface area contributed by atoms with Crippen molar-refractivity contribution in [3.05, 3.63) is 11.6 Å². The molecule has 4 N–H and O–H groups in total. The van der Waals surface area contributed by atoms with E-state index in [1.165, 1.54) is 32.1 Å². The number of aliphatic hydroxyl groups excluding tert-OH is 3. The summed E-state index contributed by atoms with van der Waals surface area (Å²) in [5, 5.41) is 41.4. The topological polar surface area (TPSA) is 99.4 Å². The fourth-order valence-electron chi connectivity index (χ4n) is 10.2. The largest absolute Gasteiger partial charge is 0.394 e. The Morgan fingerprint density at radius 2 is 1.73 bits per heavy atom. The predicted octanol–water partition coefficient (Wildman–Crippen LogP) is 5.75. The van der Waals surface area contributed by atoms with Crippen LogP contribution >= 0.6 is 0 Å². The molecule has 5 aliphatic rings. The predicted molar refractivity (Wildman–Crippen MR) is 156 cm³/mol. The van der Waals surface area contributed by atoms with Crippen LogP contribution in [-0.4, -0.2) is 63.3 Å². The maximum atomic E-state index is 10.9. The van der Waals surface area contributed by atoms with Gasteiger partial charge in [-0.15, -0.1) is 0 Å². The molecule has 0 radical (unpaired) electrons. The van der Waals surface area contributed by atoms with Crippen molar-refractivity contribution in [1.82, 2.24) is 0 Å². The molecule has 230 valence electrons. The molecule has 4 fully saturated rings. The highest BCUT2D eigenvalue weighted by Crippen LogP contribution is 2.69. The molecule has 0 aromatic heterocycles. The summed E-state index contributed by atoms with van der Waals surface area (Å²) >= 11 is 0. The molecule has 4 aliphatic carbocycles. The molecular formula is C34H58O6. The van der Waals surface area contributed by atoms with Crippen LogP contribution in [0.4, 0.5) is 0 Å². The molecule has 5 rings (SSSR count). The Hall–Kier alpha value is -0.500. The molecule has 1 aliphatic heterocycles. The molecule has 1 saturated heterocycles. The first-order chi connectivity index (χ1) is 18.7. The lowest BCUT2D eigenvalue weighted by atomic mass is 9.43. The van der Waals surface area contributed by atoms with Crippen molar-refractivity contribution >= 4 is 0 Å². The van der Waals surface area contributed by atoms with Crippen molar-refractivity contribution in [2.24, 2.45) is 39.9 Å². The summed E-state index contributed by atoms with van der Waals surface area (Å²) in [6, 6.07) is 0. The minimum atomic E-state index is -1.01. The molecule has 6 heteroatoms. The second-order valence-electron chi connectivity index (χ2n) is 16.0. The van der Waals surface area contributed by atoms with Crippen molar-refractivity contribution in [3.8, 4) is 0 Å². The zero-order chi connectivity index (χ0) is 29.1. The lowest BCUT2D eigenvalue weighted by molar-refractivity contribution is -0.260. The van der Waals surface area contributed by atoms with Crippen LogP contribution < -0.4 is 0 Å². The number of fused-ring (bicyclic) bond motifs is 5. The number of hydrogen-bond donors (Lipinski definition) is 4. The minimum Gasteiger partial charge on any atom is -0.394 e. The van der Waals surface area contributed by atoms with Gasteiger partial charge in [-0.25, -0.2) is 0 Å². The van der Waals surface area contributed by atoms with Gasteiger partial charge in [-0.2, -0.15) is 0 Å². The van der Waals surface area contributed by atoms with Gasteiger partial charge in [-0.05, 0) is 106 Å². The van der Waals surface area contributed by atoms with Crippen LogP contribution in [0, 0.1) is 39.9 Å². The maximum absolute atomic E-state index is 10.9. The molecule has 11 atom stereocenters. The monoisotopic (exact) mass is 562 g/mol. The normalized spacial score (nSPS) is 45.7. The Morgan fingerprint density at radius 1 is 1.00 bits per heavy atom. The SMILES string of the molecule is CC(C)(O)[C@@H](CCCC1CCC2C3CC=C4C(CC[C@H](O)C4(C)C)[C@]3(C)CC[C@]12C)O[C@H]1C[C@@H](O)C[C@@H](CO)O1. The van der Waals surface area contributed by atoms with Crippen molar-refractivity contribution < 1.29 is 29.9 Å². The van der Waals surface area contributed by atoms with Gasteiger partial charge in [0.25, 0.3) is 0 Å². The lowest BCUT2D eigenvalue weighted by Gasteiger charge is -2.61. The number of ether oxygens (including phenoxy) is 2. The summed E-state index contributed by atoms with van der Waals surface area (Å²) in [7, 11) is 0. The van der Waals surface area contributed by atoms with Gasteiger partial charge in [-0.1, -0.05) is 45.8 Å². The molecule has 0 amide bonds. The molecule has 0 aromatic rings. The standard InChI is InChI=1S/C34H58O6/c1-31(2)24-12-13-27-26-11-10-21(33(26,5)16-17-34(27,6)25(24)14-15-28(31)37)8-7-9-29(32(3,4)38)40-30-19-22(36)18-23(20-35)39-30/h12,21-23,25-30,35-38H,7-11,13-20H2,1-6H3/t21?,22-,23-,25?,26?,27?,28-,29+,30-,33+,34-/m0/s1. The van der Waals surface area contributed by atoms with Crippen molar-refractivity contribution in [1.29, 1.82) is 0 Å². The van der Waals surface area contributed by atoms with Gasteiger partial charge in [0.2, 0.25) is 0 Å². The molecule has 0 bridgehead atoms. The number of aliphatic hydroxyl groups is 4. The highest BCUT2D eigenvalue weighted by molar-refractivity contribution is 5.29. The van der Waals surface area contributed by atoms with Gasteiger partial charge in [0.15, 0.2) is 6.29 Å². The third kappa shape index (κ3) is 5.48. The summed E-state index contributed by atoms with van der Waals surface area (Å²) in [5.74, 6) is 2.81. The van der Waals surface area contributed by atoms with E-state index >= 15 is 0 Å². The summed E-state index contributed by atoms with van der Waals surface area (Å²) in [6.07, 6.45) is 12.5.